The highest BCUT2D eigenvalue weighted by Gasteiger charge is 2.35. The van der Waals surface area contributed by atoms with Gasteiger partial charge in [0, 0.05) is 21.9 Å². The second-order valence-electron chi connectivity index (χ2n) is 8.27. The lowest BCUT2D eigenvalue weighted by Gasteiger charge is -2.21. The Kier molecular flexibility index (Phi) is 3.01. The molecule has 0 aliphatic heterocycles. The fourth-order valence-corrected chi connectivity index (χ4v) is 5.02. The van der Waals surface area contributed by atoms with Gasteiger partial charge >= 0.3 is 0 Å². The first-order valence-corrected chi connectivity index (χ1v) is 9.89. The third-order valence-electron chi connectivity index (χ3n) is 6.39. The number of nitrogens with zero attached hydrogens (tertiary/aromatic N) is 1. The summed E-state index contributed by atoms with van der Waals surface area (Å²) < 4.78 is 2.40. The van der Waals surface area contributed by atoms with E-state index in [1.54, 1.807) is 0 Å². The fraction of sp³-hybridized carbons (Fsp3) is 0.111. The van der Waals surface area contributed by atoms with Crippen molar-refractivity contribution in [2.45, 2.75) is 19.3 Å². The van der Waals surface area contributed by atoms with Crippen molar-refractivity contribution in [3.8, 4) is 16.8 Å². The van der Waals surface area contributed by atoms with Crippen molar-refractivity contribution < 1.29 is 0 Å². The molecule has 0 spiro atoms. The molecule has 4 aromatic carbocycles. The van der Waals surface area contributed by atoms with Gasteiger partial charge in [-0.3, -0.25) is 0 Å². The zero-order valence-electron chi connectivity index (χ0n) is 16.1. The number of para-hydroxylation sites is 2. The van der Waals surface area contributed by atoms with Crippen LogP contribution in [0.1, 0.15) is 25.0 Å². The van der Waals surface area contributed by atoms with E-state index in [2.05, 4.69) is 109 Å². The van der Waals surface area contributed by atoms with Crippen LogP contribution in [0.25, 0.3) is 38.6 Å². The Labute approximate surface area is 164 Å². The number of fused-ring (bicyclic) bond motifs is 6. The fourth-order valence-electron chi connectivity index (χ4n) is 5.02. The molecule has 6 rings (SSSR count). The first-order valence-electron chi connectivity index (χ1n) is 9.89. The molecule has 1 nitrogen and oxygen atoms in total. The van der Waals surface area contributed by atoms with Gasteiger partial charge in [0.2, 0.25) is 0 Å². The molecule has 0 fully saturated rings. The molecular formula is C27H21N. The zero-order chi connectivity index (χ0) is 18.9. The molecule has 28 heavy (non-hydrogen) atoms. The van der Waals surface area contributed by atoms with E-state index in [0.717, 1.165) is 0 Å². The molecule has 1 heterocycles. The Morgan fingerprint density at radius 2 is 1.29 bits per heavy atom. The average molecular weight is 359 g/mol. The second kappa shape index (κ2) is 5.36. The molecule has 1 aliphatic rings. The van der Waals surface area contributed by atoms with Crippen LogP contribution in [0.4, 0.5) is 0 Å². The van der Waals surface area contributed by atoms with Gasteiger partial charge in [-0.15, -0.1) is 0 Å². The van der Waals surface area contributed by atoms with Crippen LogP contribution in [0, 0.1) is 0 Å². The third-order valence-corrected chi connectivity index (χ3v) is 6.39. The number of hydrogen-bond donors (Lipinski definition) is 0. The molecule has 0 atom stereocenters. The van der Waals surface area contributed by atoms with Crippen LogP contribution in [-0.2, 0) is 5.41 Å². The molecule has 0 unspecified atom stereocenters. The SMILES string of the molecule is CC1(C)c2ccccc2-c2cc3c(cc21)c1ccccc1n3-c1ccccc1. The molecule has 1 aliphatic carbocycles. The highest BCUT2D eigenvalue weighted by Crippen LogP contribution is 2.50. The zero-order valence-corrected chi connectivity index (χ0v) is 16.1. The summed E-state index contributed by atoms with van der Waals surface area (Å²) in [6.45, 7) is 4.69. The van der Waals surface area contributed by atoms with Crippen LogP contribution in [0.15, 0.2) is 91.0 Å². The maximum absolute atomic E-state index is 2.44. The van der Waals surface area contributed by atoms with Crippen LogP contribution in [0.2, 0.25) is 0 Å². The molecule has 0 saturated heterocycles. The predicted octanol–water partition coefficient (Wildman–Crippen LogP) is 7.09. The van der Waals surface area contributed by atoms with E-state index in [-0.39, 0.29) is 5.41 Å². The molecule has 0 bridgehead atoms. The lowest BCUT2D eigenvalue weighted by molar-refractivity contribution is 0.661. The van der Waals surface area contributed by atoms with Crippen LogP contribution in [-0.4, -0.2) is 4.57 Å². The normalized spacial score (nSPS) is 14.4. The Hall–Kier alpha value is -3.32. The van der Waals surface area contributed by atoms with E-state index in [1.165, 1.54) is 49.7 Å². The first kappa shape index (κ1) is 15.7. The van der Waals surface area contributed by atoms with Gasteiger partial charge in [-0.05, 0) is 52.6 Å². The maximum atomic E-state index is 2.44. The quantitative estimate of drug-likeness (QED) is 0.301. The standard InChI is InChI=1S/C27H21N/c1-27(2)23-14-8-6-12-19(23)21-17-26-22(16-24(21)27)20-13-7-9-15-25(20)28(26)18-10-4-3-5-11-18/h3-17H,1-2H3. The van der Waals surface area contributed by atoms with E-state index in [9.17, 15) is 0 Å². The average Bonchev–Trinajstić information content (AvgIpc) is 3.17. The summed E-state index contributed by atoms with van der Waals surface area (Å²) >= 11 is 0. The van der Waals surface area contributed by atoms with Crippen LogP contribution in [0.3, 0.4) is 0 Å². The summed E-state index contributed by atoms with van der Waals surface area (Å²) in [6.07, 6.45) is 0. The predicted molar refractivity (Wildman–Crippen MR) is 118 cm³/mol. The molecule has 134 valence electrons. The number of benzene rings is 4. The van der Waals surface area contributed by atoms with Gasteiger partial charge in [0.25, 0.3) is 0 Å². The van der Waals surface area contributed by atoms with Crippen molar-refractivity contribution in [3.63, 3.8) is 0 Å². The molecular weight excluding hydrogens is 338 g/mol. The summed E-state index contributed by atoms with van der Waals surface area (Å²) in [5.74, 6) is 0. The molecule has 1 heteroatoms. The third kappa shape index (κ3) is 1.91. The van der Waals surface area contributed by atoms with Gasteiger partial charge in [0.05, 0.1) is 11.0 Å². The highest BCUT2D eigenvalue weighted by molar-refractivity contribution is 6.11. The van der Waals surface area contributed by atoms with E-state index in [0.29, 0.717) is 0 Å². The number of hydrogen-bond acceptors (Lipinski definition) is 0. The van der Waals surface area contributed by atoms with Crippen molar-refractivity contribution >= 4 is 21.8 Å². The lowest BCUT2D eigenvalue weighted by Crippen LogP contribution is -2.14. The molecule has 5 aromatic rings. The van der Waals surface area contributed by atoms with Gasteiger partial charge in [-0.25, -0.2) is 0 Å². The van der Waals surface area contributed by atoms with Crippen LogP contribution < -0.4 is 0 Å². The van der Waals surface area contributed by atoms with E-state index in [4.69, 9.17) is 0 Å². The molecule has 0 saturated carbocycles. The summed E-state index contributed by atoms with van der Waals surface area (Å²) in [7, 11) is 0. The summed E-state index contributed by atoms with van der Waals surface area (Å²) in [5, 5.41) is 2.65. The highest BCUT2D eigenvalue weighted by atomic mass is 15.0. The molecule has 1 aromatic heterocycles. The second-order valence-corrected chi connectivity index (χ2v) is 8.27. The minimum Gasteiger partial charge on any atom is -0.309 e. The first-order chi connectivity index (χ1) is 13.7. The van der Waals surface area contributed by atoms with Gasteiger partial charge < -0.3 is 4.57 Å². The van der Waals surface area contributed by atoms with Crippen molar-refractivity contribution in [1.82, 2.24) is 4.57 Å². The van der Waals surface area contributed by atoms with Crippen molar-refractivity contribution in [3.05, 3.63) is 102 Å². The van der Waals surface area contributed by atoms with Crippen molar-refractivity contribution in [1.29, 1.82) is 0 Å². The van der Waals surface area contributed by atoms with E-state index >= 15 is 0 Å². The van der Waals surface area contributed by atoms with Gasteiger partial charge in [0.15, 0.2) is 0 Å². The van der Waals surface area contributed by atoms with Crippen LogP contribution >= 0.6 is 0 Å². The largest absolute Gasteiger partial charge is 0.309 e. The Morgan fingerprint density at radius 3 is 2.14 bits per heavy atom. The number of aromatic nitrogens is 1. The van der Waals surface area contributed by atoms with Gasteiger partial charge in [0.1, 0.15) is 0 Å². The van der Waals surface area contributed by atoms with E-state index < -0.39 is 0 Å². The smallest absolute Gasteiger partial charge is 0.0547 e. The molecule has 0 amide bonds. The van der Waals surface area contributed by atoms with Gasteiger partial charge in [-0.2, -0.15) is 0 Å². The van der Waals surface area contributed by atoms with Crippen molar-refractivity contribution in [2.24, 2.45) is 0 Å². The topological polar surface area (TPSA) is 4.93 Å². The maximum Gasteiger partial charge on any atom is 0.0547 e. The van der Waals surface area contributed by atoms with E-state index in [1.807, 2.05) is 0 Å². The number of rotatable bonds is 1. The van der Waals surface area contributed by atoms with Crippen LogP contribution in [0.5, 0.6) is 0 Å². The molecule has 0 radical (unpaired) electrons. The Morgan fingerprint density at radius 1 is 0.571 bits per heavy atom. The Bertz CT molecular complexity index is 1370. The Balaban J connectivity index is 1.80. The van der Waals surface area contributed by atoms with Gasteiger partial charge in [-0.1, -0.05) is 74.5 Å². The minimum atomic E-state index is 0.0239. The summed E-state index contributed by atoms with van der Waals surface area (Å²) in [5.41, 5.74) is 9.36. The summed E-state index contributed by atoms with van der Waals surface area (Å²) in [6, 6.07) is 33.1. The van der Waals surface area contributed by atoms with Crippen molar-refractivity contribution in [2.75, 3.05) is 0 Å². The monoisotopic (exact) mass is 359 g/mol. The minimum absolute atomic E-state index is 0.0239. The molecule has 0 N–H and O–H groups in total. The lowest BCUT2D eigenvalue weighted by atomic mass is 9.82. The summed E-state index contributed by atoms with van der Waals surface area (Å²) in [4.78, 5) is 0.